The van der Waals surface area contributed by atoms with Crippen LogP contribution in [0.2, 0.25) is 0 Å². The second kappa shape index (κ2) is 6.64. The largest absolute Gasteiger partial charge is 0.332 e. The van der Waals surface area contributed by atoms with Crippen molar-refractivity contribution in [3.05, 3.63) is 48.5 Å². The van der Waals surface area contributed by atoms with Crippen molar-refractivity contribution in [1.29, 1.82) is 0 Å². The molecular weight excluding hydrogens is 322 g/mol. The number of hydrogen-bond donors (Lipinski definition) is 0. The molecule has 1 fully saturated rings. The first kappa shape index (κ1) is 17.4. The normalized spacial score (nSPS) is 24.0. The molecule has 11 nitrogen and oxygen atoms in total. The second-order valence-corrected chi connectivity index (χ2v) is 5.67. The van der Waals surface area contributed by atoms with E-state index in [4.69, 9.17) is 0 Å². The minimum atomic E-state index is -1.62. The van der Waals surface area contributed by atoms with Crippen molar-refractivity contribution in [3.8, 4) is 0 Å². The van der Waals surface area contributed by atoms with Crippen LogP contribution in [0.1, 0.15) is 32.6 Å². The molecule has 1 aliphatic rings. The molecule has 2 atom stereocenters. The van der Waals surface area contributed by atoms with E-state index in [-0.39, 0.29) is 18.0 Å². The zero-order valence-corrected chi connectivity index (χ0v) is 12.8. The van der Waals surface area contributed by atoms with Gasteiger partial charge in [-0.05, 0) is 18.9 Å². The van der Waals surface area contributed by atoms with E-state index in [1.807, 2.05) is 0 Å². The van der Waals surface area contributed by atoms with Crippen LogP contribution in [0, 0.1) is 36.3 Å². The molecule has 0 aromatic heterocycles. The van der Waals surface area contributed by atoms with Crippen LogP contribution >= 0.6 is 0 Å². The number of hydrogen-bond acceptors (Lipinski definition) is 8. The minimum Gasteiger partial charge on any atom is -0.262 e. The number of azo groups is 1. The summed E-state index contributed by atoms with van der Waals surface area (Å²) in [7, 11) is 0. The maximum Gasteiger partial charge on any atom is 0.332 e. The zero-order chi connectivity index (χ0) is 17.9. The topological polar surface area (TPSA) is 154 Å². The Labute approximate surface area is 135 Å². The van der Waals surface area contributed by atoms with Gasteiger partial charge >= 0.3 is 11.4 Å². The number of rotatable bonds is 5. The van der Waals surface area contributed by atoms with Crippen molar-refractivity contribution in [2.45, 2.75) is 38.3 Å². The Morgan fingerprint density at radius 1 is 1.12 bits per heavy atom. The van der Waals surface area contributed by atoms with Crippen LogP contribution in [0.25, 0.3) is 0 Å². The molecule has 1 aromatic rings. The Hall–Kier alpha value is -2.98. The van der Waals surface area contributed by atoms with Gasteiger partial charge in [0.25, 0.3) is 5.69 Å². The fourth-order valence-corrected chi connectivity index (χ4v) is 2.77. The van der Waals surface area contributed by atoms with Gasteiger partial charge in [0, 0.05) is 12.5 Å². The number of nitrogens with zero attached hydrogens (tertiary/aromatic N) is 5. The smallest absolute Gasteiger partial charge is 0.262 e. The summed E-state index contributed by atoms with van der Waals surface area (Å²) in [4.78, 5) is 31.2. The summed E-state index contributed by atoms with van der Waals surface area (Å²) in [5, 5.41) is 40.8. The highest BCUT2D eigenvalue weighted by atomic mass is 16.6. The molecule has 0 amide bonds. The van der Waals surface area contributed by atoms with Crippen LogP contribution in [-0.4, -0.2) is 20.4 Å². The molecule has 11 heteroatoms. The van der Waals surface area contributed by atoms with Crippen molar-refractivity contribution in [1.82, 2.24) is 0 Å². The lowest BCUT2D eigenvalue weighted by Gasteiger charge is -2.30. The predicted molar refractivity (Wildman–Crippen MR) is 81.6 cm³/mol. The zero-order valence-electron chi connectivity index (χ0n) is 12.8. The monoisotopic (exact) mass is 337 g/mol. The highest BCUT2D eigenvalue weighted by Gasteiger charge is 2.50. The Morgan fingerprint density at radius 3 is 2.38 bits per heavy atom. The van der Waals surface area contributed by atoms with Crippen molar-refractivity contribution in [2.75, 3.05) is 0 Å². The molecule has 128 valence electrons. The lowest BCUT2D eigenvalue weighted by Crippen LogP contribution is -2.44. The Balaban J connectivity index is 2.44. The van der Waals surface area contributed by atoms with Gasteiger partial charge < -0.3 is 0 Å². The van der Waals surface area contributed by atoms with Gasteiger partial charge in [-0.3, -0.25) is 30.3 Å². The van der Waals surface area contributed by atoms with E-state index in [1.54, 1.807) is 6.92 Å². The maximum absolute atomic E-state index is 11.5. The molecule has 0 N–H and O–H groups in total. The van der Waals surface area contributed by atoms with Crippen molar-refractivity contribution in [2.24, 2.45) is 16.1 Å². The van der Waals surface area contributed by atoms with Crippen LogP contribution in [0.15, 0.2) is 28.4 Å². The summed E-state index contributed by atoms with van der Waals surface area (Å²) in [6, 6.07) is 2.88. The molecule has 0 heterocycles. The molecule has 1 aromatic carbocycles. The van der Waals surface area contributed by atoms with Gasteiger partial charge in [-0.2, -0.15) is 0 Å². The molecule has 1 saturated carbocycles. The molecule has 24 heavy (non-hydrogen) atoms. The number of nitro groups is 3. The van der Waals surface area contributed by atoms with E-state index < -0.39 is 31.8 Å². The molecule has 0 radical (unpaired) electrons. The van der Waals surface area contributed by atoms with Crippen LogP contribution in [0.5, 0.6) is 0 Å². The summed E-state index contributed by atoms with van der Waals surface area (Å²) in [6.07, 6.45) is 2.28. The first-order valence-electron chi connectivity index (χ1n) is 7.28. The first-order valence-corrected chi connectivity index (χ1v) is 7.28. The van der Waals surface area contributed by atoms with Crippen LogP contribution in [-0.2, 0) is 0 Å². The van der Waals surface area contributed by atoms with Gasteiger partial charge in [-0.15, -0.1) is 10.2 Å². The molecule has 0 unspecified atom stereocenters. The molecule has 2 rings (SSSR count). The van der Waals surface area contributed by atoms with Crippen LogP contribution in [0.3, 0.4) is 0 Å². The highest BCUT2D eigenvalue weighted by molar-refractivity contribution is 5.61. The van der Waals surface area contributed by atoms with E-state index >= 15 is 0 Å². The van der Waals surface area contributed by atoms with Gasteiger partial charge in [-0.1, -0.05) is 13.3 Å². The van der Waals surface area contributed by atoms with E-state index in [1.165, 1.54) is 0 Å². The van der Waals surface area contributed by atoms with Crippen molar-refractivity contribution < 1.29 is 14.8 Å². The summed E-state index contributed by atoms with van der Waals surface area (Å²) in [5.41, 5.74) is -2.94. The lowest BCUT2D eigenvalue weighted by atomic mass is 9.81. The number of nitro benzene ring substituents is 2. The van der Waals surface area contributed by atoms with E-state index in [0.29, 0.717) is 12.8 Å². The third-order valence-corrected chi connectivity index (χ3v) is 4.23. The Bertz CT molecular complexity index is 721. The molecule has 0 bridgehead atoms. The fourth-order valence-electron chi connectivity index (χ4n) is 2.77. The van der Waals surface area contributed by atoms with Gasteiger partial charge in [0.05, 0.1) is 26.8 Å². The van der Waals surface area contributed by atoms with Gasteiger partial charge in [0.2, 0.25) is 0 Å². The van der Waals surface area contributed by atoms with Gasteiger partial charge in [0.15, 0.2) is 5.69 Å². The Kier molecular flexibility index (Phi) is 4.81. The average Bonchev–Trinajstić information content (AvgIpc) is 2.53. The number of non-ortho nitro benzene ring substituents is 1. The van der Waals surface area contributed by atoms with E-state index in [2.05, 4.69) is 10.2 Å². The average molecular weight is 337 g/mol. The summed E-state index contributed by atoms with van der Waals surface area (Å²) >= 11 is 0. The van der Waals surface area contributed by atoms with Gasteiger partial charge in [-0.25, -0.2) is 0 Å². The summed E-state index contributed by atoms with van der Waals surface area (Å²) < 4.78 is 0. The van der Waals surface area contributed by atoms with Crippen LogP contribution < -0.4 is 0 Å². The lowest BCUT2D eigenvalue weighted by molar-refractivity contribution is -0.583. The van der Waals surface area contributed by atoms with Gasteiger partial charge in [0.1, 0.15) is 0 Å². The third kappa shape index (κ3) is 3.19. The third-order valence-electron chi connectivity index (χ3n) is 4.23. The van der Waals surface area contributed by atoms with Crippen LogP contribution in [0.4, 0.5) is 17.1 Å². The maximum atomic E-state index is 11.5. The highest BCUT2D eigenvalue weighted by Crippen LogP contribution is 2.39. The molecular formula is C13H15N5O6. The SMILES string of the molecule is C[C@@H]1CCCC[C@@]1(N=Nc1ccc([N+](=O)[O-])cc1[N+](=O)[O-])[N+](=O)[O-]. The van der Waals surface area contributed by atoms with E-state index in [9.17, 15) is 30.3 Å². The second-order valence-electron chi connectivity index (χ2n) is 5.67. The van der Waals surface area contributed by atoms with E-state index in [0.717, 1.165) is 24.6 Å². The summed E-state index contributed by atoms with van der Waals surface area (Å²) in [5.74, 6) is -0.359. The van der Waals surface area contributed by atoms with Crippen molar-refractivity contribution in [3.63, 3.8) is 0 Å². The molecule has 0 aliphatic heterocycles. The minimum absolute atomic E-state index is 0.200. The number of benzene rings is 1. The Morgan fingerprint density at radius 2 is 1.83 bits per heavy atom. The van der Waals surface area contributed by atoms with Crippen molar-refractivity contribution >= 4 is 17.1 Å². The first-order chi connectivity index (χ1) is 11.3. The quantitative estimate of drug-likeness (QED) is 0.452. The molecule has 1 aliphatic carbocycles. The summed E-state index contributed by atoms with van der Waals surface area (Å²) in [6.45, 7) is 1.70. The standard InChI is InChI=1S/C13H15N5O6/c1-9-4-2-3-7-13(9,18(23)24)15-14-11-6-5-10(16(19)20)8-12(11)17(21)22/h5-6,8-9H,2-4,7H2,1H3/t9-,13-/m1/s1. The molecule has 0 spiro atoms. The molecule has 0 saturated heterocycles. The fraction of sp³-hybridized carbons (Fsp3) is 0.538. The predicted octanol–water partition coefficient (Wildman–Crippen LogP) is 3.77.